The van der Waals surface area contributed by atoms with Crippen molar-refractivity contribution in [3.8, 4) is 23.0 Å². The first-order valence-corrected chi connectivity index (χ1v) is 12.9. The van der Waals surface area contributed by atoms with Crippen LogP contribution in [0.25, 0.3) is 21.5 Å². The predicted molar refractivity (Wildman–Crippen MR) is 117 cm³/mol. The van der Waals surface area contributed by atoms with E-state index in [9.17, 15) is 0 Å². The van der Waals surface area contributed by atoms with Crippen LogP contribution in [0.15, 0.2) is 60.7 Å². The summed E-state index contributed by atoms with van der Waals surface area (Å²) >= 11 is -0.556. The van der Waals surface area contributed by atoms with Crippen molar-refractivity contribution < 1.29 is 36.0 Å². The molecule has 0 unspecified atom stereocenters. The van der Waals surface area contributed by atoms with Crippen molar-refractivity contribution >= 4 is 40.2 Å². The number of benzene rings is 2. The summed E-state index contributed by atoms with van der Waals surface area (Å²) in [4.78, 5) is 0. The average molecular weight is 469 g/mol. The fraction of sp³-hybridized carbons (Fsp3) is 0.182. The number of rotatable bonds is 4. The van der Waals surface area contributed by atoms with E-state index in [1.807, 2.05) is 36.4 Å². The Hall–Kier alpha value is -1.85. The van der Waals surface area contributed by atoms with Crippen LogP contribution in [0.3, 0.4) is 0 Å². The molecular weight excluding hydrogens is 447 g/mol. The van der Waals surface area contributed by atoms with Crippen molar-refractivity contribution in [2.24, 2.45) is 0 Å². The van der Waals surface area contributed by atoms with Crippen molar-refractivity contribution in [1.82, 2.24) is 0 Å². The Morgan fingerprint density at radius 1 is 0.621 bits per heavy atom. The van der Waals surface area contributed by atoms with Gasteiger partial charge in [-0.15, -0.1) is 33.7 Å². The normalized spacial score (nSPS) is 9.72. The van der Waals surface area contributed by atoms with Crippen LogP contribution >= 0.6 is 18.6 Å². The molecule has 0 aliphatic heterocycles. The summed E-state index contributed by atoms with van der Waals surface area (Å²) < 4.78 is 20.8. The van der Waals surface area contributed by atoms with Crippen LogP contribution in [0.2, 0.25) is 0 Å². The molecular formula is C22H22Cl2O4Ti-2. The third-order valence-electron chi connectivity index (χ3n) is 4.28. The van der Waals surface area contributed by atoms with Crippen LogP contribution in [-0.4, -0.2) is 28.4 Å². The van der Waals surface area contributed by atoms with Crippen LogP contribution in [0, 0.1) is 0 Å². The first kappa shape index (κ1) is 23.4. The molecule has 0 saturated carbocycles. The summed E-state index contributed by atoms with van der Waals surface area (Å²) in [7, 11) is 16.4. The van der Waals surface area contributed by atoms with Crippen LogP contribution < -0.4 is 18.9 Å². The second-order valence-electron chi connectivity index (χ2n) is 5.80. The van der Waals surface area contributed by atoms with Crippen LogP contribution in [0.5, 0.6) is 23.0 Å². The van der Waals surface area contributed by atoms with Gasteiger partial charge in [0.2, 0.25) is 0 Å². The molecule has 4 aromatic carbocycles. The Labute approximate surface area is 187 Å². The Balaban J connectivity index is 0.000000183. The molecule has 0 aliphatic carbocycles. The van der Waals surface area contributed by atoms with Gasteiger partial charge in [0.1, 0.15) is 23.0 Å². The van der Waals surface area contributed by atoms with Crippen molar-refractivity contribution in [2.45, 2.75) is 0 Å². The monoisotopic (exact) mass is 468 g/mol. The molecule has 0 atom stereocenters. The molecule has 4 rings (SSSR count). The third-order valence-corrected chi connectivity index (χ3v) is 4.28. The SMILES string of the molecule is COc1cc2cc[cH-]c2cc1OC.COc1cc2cc[cH-]c2cc1OC.[Cl][Ti][Cl]. The molecule has 0 aromatic heterocycles. The quantitative estimate of drug-likeness (QED) is 0.252. The summed E-state index contributed by atoms with van der Waals surface area (Å²) in [6.07, 6.45) is 0. The molecule has 4 nitrogen and oxygen atoms in total. The van der Waals surface area contributed by atoms with E-state index in [4.69, 9.17) is 37.6 Å². The van der Waals surface area contributed by atoms with Crippen LogP contribution in [0.1, 0.15) is 0 Å². The summed E-state index contributed by atoms with van der Waals surface area (Å²) in [5, 5.41) is 4.71. The predicted octanol–water partition coefficient (Wildman–Crippen LogP) is 6.53. The van der Waals surface area contributed by atoms with Crippen LogP contribution in [0.4, 0.5) is 0 Å². The second kappa shape index (κ2) is 12.0. The van der Waals surface area contributed by atoms with Gasteiger partial charge in [-0.1, -0.05) is 24.3 Å². The minimum atomic E-state index is -0.556. The van der Waals surface area contributed by atoms with Crippen molar-refractivity contribution in [2.75, 3.05) is 28.4 Å². The van der Waals surface area contributed by atoms with E-state index in [1.54, 1.807) is 28.4 Å². The summed E-state index contributed by atoms with van der Waals surface area (Å²) in [5.74, 6) is 3.12. The molecule has 154 valence electrons. The molecule has 0 bridgehead atoms. The number of halogens is 2. The van der Waals surface area contributed by atoms with E-state index in [0.29, 0.717) is 0 Å². The van der Waals surface area contributed by atoms with E-state index in [-0.39, 0.29) is 0 Å². The van der Waals surface area contributed by atoms with Gasteiger partial charge >= 0.3 is 35.6 Å². The minimum absolute atomic E-state index is 0.556. The Kier molecular flexibility index (Phi) is 9.69. The van der Waals surface area contributed by atoms with Gasteiger partial charge in [-0.3, -0.25) is 0 Å². The maximum atomic E-state index is 5.19. The zero-order chi connectivity index (χ0) is 21.2. The molecule has 0 aliphatic rings. The summed E-state index contributed by atoms with van der Waals surface area (Å²) in [6, 6.07) is 20.2. The Morgan fingerprint density at radius 3 is 1.24 bits per heavy atom. The van der Waals surface area contributed by atoms with Crippen molar-refractivity contribution in [1.29, 1.82) is 0 Å². The number of fused-ring (bicyclic) bond motifs is 2. The van der Waals surface area contributed by atoms with Gasteiger partial charge < -0.3 is 18.9 Å². The molecule has 4 aromatic rings. The van der Waals surface area contributed by atoms with Gasteiger partial charge in [0, 0.05) is 0 Å². The molecule has 7 heteroatoms. The molecule has 0 radical (unpaired) electrons. The summed E-state index contributed by atoms with van der Waals surface area (Å²) in [5.41, 5.74) is 0. The van der Waals surface area contributed by atoms with Gasteiger partial charge in [-0.2, -0.15) is 24.3 Å². The Morgan fingerprint density at radius 2 is 0.931 bits per heavy atom. The first-order valence-electron chi connectivity index (χ1n) is 8.62. The molecule has 0 fully saturated rings. The molecule has 0 spiro atoms. The zero-order valence-electron chi connectivity index (χ0n) is 16.7. The fourth-order valence-corrected chi connectivity index (χ4v) is 2.91. The van der Waals surface area contributed by atoms with E-state index in [2.05, 4.69) is 24.3 Å². The van der Waals surface area contributed by atoms with Gasteiger partial charge in [-0.05, 0) is 0 Å². The van der Waals surface area contributed by atoms with Gasteiger partial charge in [0.25, 0.3) is 0 Å². The van der Waals surface area contributed by atoms with Crippen LogP contribution in [-0.2, 0) is 17.0 Å². The molecule has 0 N–H and O–H groups in total. The average Bonchev–Trinajstić information content (AvgIpc) is 3.40. The number of hydrogen-bond acceptors (Lipinski definition) is 4. The molecule has 0 amide bonds. The second-order valence-corrected chi connectivity index (χ2v) is 8.37. The van der Waals surface area contributed by atoms with Gasteiger partial charge in [0.15, 0.2) is 0 Å². The third kappa shape index (κ3) is 6.07. The molecule has 29 heavy (non-hydrogen) atoms. The van der Waals surface area contributed by atoms with E-state index >= 15 is 0 Å². The fourth-order valence-electron chi connectivity index (χ4n) is 2.91. The standard InChI is InChI=1S/2C11H11O2.2ClH.Ti/c2*1-12-10-6-8-4-3-5-9(8)7-11(10)13-2;;;/h2*3-7H,1-2H3;2*1H;/q2*-1;;;+2/p-2. The zero-order valence-corrected chi connectivity index (χ0v) is 19.7. The Bertz CT molecular complexity index is 868. The van der Waals surface area contributed by atoms with Gasteiger partial charge in [-0.25, -0.2) is 0 Å². The van der Waals surface area contributed by atoms with E-state index in [1.165, 1.54) is 21.5 Å². The number of hydrogen-bond donors (Lipinski definition) is 0. The van der Waals surface area contributed by atoms with Crippen molar-refractivity contribution in [3.63, 3.8) is 0 Å². The number of methoxy groups -OCH3 is 4. The molecule has 0 heterocycles. The van der Waals surface area contributed by atoms with E-state index in [0.717, 1.165) is 23.0 Å². The number of ether oxygens (including phenoxy) is 4. The van der Waals surface area contributed by atoms with Crippen molar-refractivity contribution in [3.05, 3.63) is 60.7 Å². The van der Waals surface area contributed by atoms with E-state index < -0.39 is 17.0 Å². The maximum absolute atomic E-state index is 5.19. The summed E-state index contributed by atoms with van der Waals surface area (Å²) in [6.45, 7) is 0. The van der Waals surface area contributed by atoms with Gasteiger partial charge in [0.05, 0.1) is 28.4 Å². The molecule has 0 saturated heterocycles. The first-order chi connectivity index (χ1) is 14.1. The topological polar surface area (TPSA) is 36.9 Å².